The van der Waals surface area contributed by atoms with Crippen LogP contribution in [0.15, 0.2) is 47.1 Å². The number of likely N-dealkylation sites (tertiary alicyclic amines) is 1. The molecule has 0 N–H and O–H groups in total. The highest BCUT2D eigenvalue weighted by Crippen LogP contribution is 2.23. The van der Waals surface area contributed by atoms with Gasteiger partial charge in [0.2, 0.25) is 5.88 Å². The van der Waals surface area contributed by atoms with Gasteiger partial charge in [0.15, 0.2) is 5.58 Å². The maximum atomic E-state index is 12.7. The molecule has 0 atom stereocenters. The highest BCUT2D eigenvalue weighted by atomic mass is 16.5. The highest BCUT2D eigenvalue weighted by molar-refractivity contribution is 5.94. The first-order valence-corrected chi connectivity index (χ1v) is 9.48. The summed E-state index contributed by atoms with van der Waals surface area (Å²) in [5.41, 5.74) is 2.38. The molecular formula is C21H24N4O3. The zero-order chi connectivity index (χ0) is 19.5. The lowest BCUT2D eigenvalue weighted by atomic mass is 10.0. The summed E-state index contributed by atoms with van der Waals surface area (Å²) < 4.78 is 10.5. The van der Waals surface area contributed by atoms with Gasteiger partial charge in [0.25, 0.3) is 5.91 Å². The standard InChI is InChI=1S/C21H24N4O3/c1-24(14-18-17-5-3-4-6-19(17)28-23-18)16-9-11-25(12-10-16)21(26)15-7-8-20(27-2)22-13-15/h3-8,13,16H,9-12,14H2,1-2H3. The first-order chi connectivity index (χ1) is 13.7. The van der Waals surface area contributed by atoms with Gasteiger partial charge in [-0.05, 0) is 38.1 Å². The first-order valence-electron chi connectivity index (χ1n) is 9.48. The summed E-state index contributed by atoms with van der Waals surface area (Å²) in [5, 5.41) is 5.29. The Labute approximate surface area is 163 Å². The molecular weight excluding hydrogens is 356 g/mol. The third-order valence-corrected chi connectivity index (χ3v) is 5.42. The van der Waals surface area contributed by atoms with Crippen molar-refractivity contribution in [3.63, 3.8) is 0 Å². The molecule has 1 fully saturated rings. The minimum atomic E-state index is 0.0266. The summed E-state index contributed by atoms with van der Waals surface area (Å²) in [6, 6.07) is 11.8. The number of piperidine rings is 1. The van der Waals surface area contributed by atoms with E-state index in [4.69, 9.17) is 9.26 Å². The quantitative estimate of drug-likeness (QED) is 0.678. The second-order valence-electron chi connectivity index (χ2n) is 7.15. The summed E-state index contributed by atoms with van der Waals surface area (Å²) in [6.07, 6.45) is 3.44. The van der Waals surface area contributed by atoms with Gasteiger partial charge in [-0.1, -0.05) is 17.3 Å². The number of nitrogens with zero attached hydrogens (tertiary/aromatic N) is 4. The molecule has 0 spiro atoms. The van der Waals surface area contributed by atoms with Crippen molar-refractivity contribution in [2.24, 2.45) is 0 Å². The molecule has 28 heavy (non-hydrogen) atoms. The minimum Gasteiger partial charge on any atom is -0.481 e. The molecule has 7 nitrogen and oxygen atoms in total. The Kier molecular flexibility index (Phi) is 5.25. The molecule has 3 aromatic rings. The molecule has 0 saturated carbocycles. The number of carbonyl (C=O) groups is 1. The molecule has 1 amide bonds. The van der Waals surface area contributed by atoms with Gasteiger partial charge < -0.3 is 14.2 Å². The van der Waals surface area contributed by atoms with E-state index in [1.54, 1.807) is 25.4 Å². The van der Waals surface area contributed by atoms with E-state index >= 15 is 0 Å². The van der Waals surface area contributed by atoms with Gasteiger partial charge in [0.1, 0.15) is 5.69 Å². The van der Waals surface area contributed by atoms with Gasteiger partial charge in [-0.25, -0.2) is 4.98 Å². The monoisotopic (exact) mass is 380 g/mol. The van der Waals surface area contributed by atoms with Crippen molar-refractivity contribution >= 4 is 16.9 Å². The summed E-state index contributed by atoms with van der Waals surface area (Å²) in [5.74, 6) is 0.538. The van der Waals surface area contributed by atoms with Crippen LogP contribution in [0.5, 0.6) is 5.88 Å². The fourth-order valence-electron chi connectivity index (χ4n) is 3.74. The van der Waals surface area contributed by atoms with Crippen molar-refractivity contribution < 1.29 is 14.1 Å². The van der Waals surface area contributed by atoms with E-state index in [1.165, 1.54) is 0 Å². The van der Waals surface area contributed by atoms with Crippen molar-refractivity contribution in [2.75, 3.05) is 27.2 Å². The molecule has 0 aliphatic carbocycles. The SMILES string of the molecule is COc1ccc(C(=O)N2CCC(N(C)Cc3noc4ccccc34)CC2)cn1. The van der Waals surface area contributed by atoms with Gasteiger partial charge in [0.05, 0.1) is 12.7 Å². The van der Waals surface area contributed by atoms with E-state index < -0.39 is 0 Å². The Balaban J connectivity index is 1.34. The van der Waals surface area contributed by atoms with E-state index in [1.807, 2.05) is 29.2 Å². The van der Waals surface area contributed by atoms with E-state index in [0.717, 1.165) is 49.1 Å². The fourth-order valence-corrected chi connectivity index (χ4v) is 3.74. The molecule has 2 aromatic heterocycles. The lowest BCUT2D eigenvalue weighted by Crippen LogP contribution is -2.45. The zero-order valence-electron chi connectivity index (χ0n) is 16.2. The van der Waals surface area contributed by atoms with Crippen LogP contribution in [0.1, 0.15) is 28.9 Å². The number of methoxy groups -OCH3 is 1. The summed E-state index contributed by atoms with van der Waals surface area (Å²) in [4.78, 5) is 21.0. The van der Waals surface area contributed by atoms with Crippen molar-refractivity contribution in [2.45, 2.75) is 25.4 Å². The summed E-state index contributed by atoms with van der Waals surface area (Å²) >= 11 is 0. The van der Waals surface area contributed by atoms with Crippen molar-refractivity contribution in [3.8, 4) is 5.88 Å². The molecule has 0 bridgehead atoms. The predicted octanol–water partition coefficient (Wildman–Crippen LogP) is 2.97. The van der Waals surface area contributed by atoms with Gasteiger partial charge in [-0.2, -0.15) is 0 Å². The van der Waals surface area contributed by atoms with E-state index in [0.29, 0.717) is 17.5 Å². The number of ether oxygens (including phenoxy) is 1. The first kappa shape index (κ1) is 18.4. The number of benzene rings is 1. The molecule has 0 unspecified atom stereocenters. The summed E-state index contributed by atoms with van der Waals surface area (Å²) in [7, 11) is 3.67. The smallest absolute Gasteiger partial charge is 0.255 e. The van der Waals surface area contributed by atoms with Gasteiger partial charge in [0, 0.05) is 43.3 Å². The predicted molar refractivity (Wildman–Crippen MR) is 105 cm³/mol. The molecule has 3 heterocycles. The van der Waals surface area contributed by atoms with Crippen LogP contribution in [0.2, 0.25) is 0 Å². The van der Waals surface area contributed by atoms with Crippen molar-refractivity contribution in [1.82, 2.24) is 19.9 Å². The Morgan fingerprint density at radius 1 is 1.25 bits per heavy atom. The Hall–Kier alpha value is -2.93. The molecule has 1 aliphatic rings. The molecule has 7 heteroatoms. The van der Waals surface area contributed by atoms with Crippen LogP contribution in [0.4, 0.5) is 0 Å². The molecule has 1 aromatic carbocycles. The molecule has 4 rings (SSSR count). The number of hydrogen-bond acceptors (Lipinski definition) is 6. The van der Waals surface area contributed by atoms with Crippen molar-refractivity contribution in [3.05, 3.63) is 53.9 Å². The van der Waals surface area contributed by atoms with Crippen LogP contribution >= 0.6 is 0 Å². The van der Waals surface area contributed by atoms with Crippen LogP contribution in [0, 0.1) is 0 Å². The Morgan fingerprint density at radius 2 is 2.04 bits per heavy atom. The fraction of sp³-hybridized carbons (Fsp3) is 0.381. The lowest BCUT2D eigenvalue weighted by Gasteiger charge is -2.36. The maximum absolute atomic E-state index is 12.7. The van der Waals surface area contributed by atoms with Crippen LogP contribution in [0.25, 0.3) is 11.0 Å². The van der Waals surface area contributed by atoms with Gasteiger partial charge >= 0.3 is 0 Å². The average Bonchev–Trinajstić information content (AvgIpc) is 3.16. The normalized spacial score (nSPS) is 15.3. The van der Waals surface area contributed by atoms with Gasteiger partial charge in [-0.3, -0.25) is 9.69 Å². The van der Waals surface area contributed by atoms with Crippen LogP contribution in [-0.4, -0.2) is 59.1 Å². The average molecular weight is 380 g/mol. The van der Waals surface area contributed by atoms with Crippen LogP contribution in [-0.2, 0) is 6.54 Å². The van der Waals surface area contributed by atoms with E-state index in [2.05, 4.69) is 22.1 Å². The third-order valence-electron chi connectivity index (χ3n) is 5.42. The topological polar surface area (TPSA) is 71.7 Å². The Morgan fingerprint density at radius 3 is 2.75 bits per heavy atom. The number of carbonyl (C=O) groups excluding carboxylic acids is 1. The number of rotatable bonds is 5. The molecule has 1 saturated heterocycles. The largest absolute Gasteiger partial charge is 0.481 e. The van der Waals surface area contributed by atoms with Crippen LogP contribution in [0.3, 0.4) is 0 Å². The van der Waals surface area contributed by atoms with Crippen molar-refractivity contribution in [1.29, 1.82) is 0 Å². The zero-order valence-corrected chi connectivity index (χ0v) is 16.2. The number of hydrogen-bond donors (Lipinski definition) is 0. The molecule has 146 valence electrons. The van der Waals surface area contributed by atoms with Gasteiger partial charge in [-0.15, -0.1) is 0 Å². The number of amides is 1. The molecule has 1 aliphatic heterocycles. The number of pyridine rings is 1. The number of para-hydroxylation sites is 1. The van der Waals surface area contributed by atoms with E-state index in [-0.39, 0.29) is 5.91 Å². The number of aromatic nitrogens is 2. The maximum Gasteiger partial charge on any atom is 0.255 e. The molecule has 0 radical (unpaired) electrons. The third kappa shape index (κ3) is 3.71. The van der Waals surface area contributed by atoms with E-state index in [9.17, 15) is 4.79 Å². The lowest BCUT2D eigenvalue weighted by molar-refractivity contribution is 0.0637. The second-order valence-corrected chi connectivity index (χ2v) is 7.15. The second kappa shape index (κ2) is 7.98. The number of fused-ring (bicyclic) bond motifs is 1. The Bertz CT molecular complexity index is 946. The highest BCUT2D eigenvalue weighted by Gasteiger charge is 2.26. The van der Waals surface area contributed by atoms with Crippen LogP contribution < -0.4 is 4.74 Å². The summed E-state index contributed by atoms with van der Waals surface area (Å²) in [6.45, 7) is 2.21. The minimum absolute atomic E-state index is 0.0266.